The largest absolute Gasteiger partial charge is 0.481 e. The Kier molecular flexibility index (Phi) is 4.79. The zero-order chi connectivity index (χ0) is 15.4. The van der Waals surface area contributed by atoms with Crippen molar-refractivity contribution < 1.29 is 9.90 Å². The molecule has 0 amide bonds. The number of benzene rings is 2. The highest BCUT2D eigenvalue weighted by Crippen LogP contribution is 2.31. The fourth-order valence-corrected chi connectivity index (χ4v) is 2.58. The molecule has 0 aromatic heterocycles. The lowest BCUT2D eigenvalue weighted by atomic mass is 9.88. The van der Waals surface area contributed by atoms with Crippen LogP contribution in [0.15, 0.2) is 48.5 Å². The summed E-state index contributed by atoms with van der Waals surface area (Å²) >= 11 is 0. The molecule has 1 N–H and O–H groups in total. The van der Waals surface area contributed by atoms with Crippen molar-refractivity contribution in [1.29, 1.82) is 0 Å². The van der Waals surface area contributed by atoms with E-state index in [2.05, 4.69) is 26.0 Å². The van der Waals surface area contributed by atoms with Crippen LogP contribution in [-0.4, -0.2) is 11.1 Å². The molecule has 0 bridgehead atoms. The second-order valence-electron chi connectivity index (χ2n) is 5.95. The lowest BCUT2D eigenvalue weighted by Crippen LogP contribution is -2.09. The van der Waals surface area contributed by atoms with Crippen LogP contribution in [-0.2, 0) is 11.2 Å². The predicted molar refractivity (Wildman–Crippen MR) is 86.5 cm³/mol. The van der Waals surface area contributed by atoms with Gasteiger partial charge in [-0.05, 0) is 41.5 Å². The summed E-state index contributed by atoms with van der Waals surface area (Å²) in [7, 11) is 0. The molecule has 21 heavy (non-hydrogen) atoms. The molecule has 2 nitrogen and oxygen atoms in total. The topological polar surface area (TPSA) is 37.3 Å². The van der Waals surface area contributed by atoms with E-state index in [0.717, 1.165) is 23.1 Å². The van der Waals surface area contributed by atoms with Gasteiger partial charge >= 0.3 is 5.97 Å². The second kappa shape index (κ2) is 6.57. The van der Waals surface area contributed by atoms with Crippen molar-refractivity contribution >= 4 is 5.97 Å². The van der Waals surface area contributed by atoms with Gasteiger partial charge in [0, 0.05) is 0 Å². The molecule has 0 fully saturated rings. The van der Waals surface area contributed by atoms with Gasteiger partial charge in [0.25, 0.3) is 0 Å². The smallest absolute Gasteiger partial charge is 0.310 e. The SMILES string of the molecule is CC(C)Cc1ccc(C(C)C(=O)O)c(-c2ccccc2)c1. The maximum atomic E-state index is 11.3. The molecule has 0 radical (unpaired) electrons. The third-order valence-electron chi connectivity index (χ3n) is 3.68. The molecule has 2 heteroatoms. The Balaban J connectivity index is 2.53. The lowest BCUT2D eigenvalue weighted by molar-refractivity contribution is -0.138. The standard InChI is InChI=1S/C19H22O2/c1-13(2)11-15-9-10-17(14(3)19(20)21)18(12-15)16-7-5-4-6-8-16/h4-10,12-14H,11H2,1-3H3,(H,20,21). The first kappa shape index (κ1) is 15.3. The van der Waals surface area contributed by atoms with Gasteiger partial charge in [-0.3, -0.25) is 4.79 Å². The second-order valence-corrected chi connectivity index (χ2v) is 5.95. The fraction of sp³-hybridized carbons (Fsp3) is 0.316. The van der Waals surface area contributed by atoms with Crippen LogP contribution in [0, 0.1) is 5.92 Å². The first-order valence-corrected chi connectivity index (χ1v) is 7.40. The van der Waals surface area contributed by atoms with Crippen LogP contribution in [0.3, 0.4) is 0 Å². The molecule has 1 atom stereocenters. The van der Waals surface area contributed by atoms with Gasteiger partial charge in [-0.1, -0.05) is 62.4 Å². The van der Waals surface area contributed by atoms with Crippen molar-refractivity contribution in [3.05, 3.63) is 59.7 Å². The fourth-order valence-electron chi connectivity index (χ4n) is 2.58. The van der Waals surface area contributed by atoms with Gasteiger partial charge in [0.1, 0.15) is 0 Å². The van der Waals surface area contributed by atoms with Crippen LogP contribution < -0.4 is 0 Å². The Morgan fingerprint density at radius 3 is 2.29 bits per heavy atom. The molecule has 2 aromatic carbocycles. The van der Waals surface area contributed by atoms with E-state index in [1.165, 1.54) is 5.56 Å². The van der Waals surface area contributed by atoms with Crippen molar-refractivity contribution in [2.24, 2.45) is 5.92 Å². The zero-order valence-corrected chi connectivity index (χ0v) is 12.8. The lowest BCUT2D eigenvalue weighted by Gasteiger charge is -2.16. The quantitative estimate of drug-likeness (QED) is 0.860. The van der Waals surface area contributed by atoms with Gasteiger partial charge in [0.2, 0.25) is 0 Å². The maximum absolute atomic E-state index is 11.3. The molecule has 1 unspecified atom stereocenters. The zero-order valence-electron chi connectivity index (χ0n) is 12.8. The molecule has 0 aliphatic rings. The van der Waals surface area contributed by atoms with Gasteiger partial charge in [-0.2, -0.15) is 0 Å². The van der Waals surface area contributed by atoms with Crippen LogP contribution in [0.25, 0.3) is 11.1 Å². The number of hydrogen-bond donors (Lipinski definition) is 1. The van der Waals surface area contributed by atoms with Gasteiger partial charge < -0.3 is 5.11 Å². The summed E-state index contributed by atoms with van der Waals surface area (Å²) < 4.78 is 0. The van der Waals surface area contributed by atoms with E-state index in [1.807, 2.05) is 36.4 Å². The third kappa shape index (κ3) is 3.72. The highest BCUT2D eigenvalue weighted by molar-refractivity contribution is 5.81. The molecular formula is C19H22O2. The van der Waals surface area contributed by atoms with Crippen molar-refractivity contribution in [3.63, 3.8) is 0 Å². The first-order valence-electron chi connectivity index (χ1n) is 7.40. The number of aliphatic carboxylic acids is 1. The number of carboxylic acid groups (broad SMARTS) is 1. The van der Waals surface area contributed by atoms with E-state index in [0.29, 0.717) is 5.92 Å². The molecule has 110 valence electrons. The monoisotopic (exact) mass is 282 g/mol. The van der Waals surface area contributed by atoms with E-state index in [-0.39, 0.29) is 0 Å². The summed E-state index contributed by atoms with van der Waals surface area (Å²) in [5, 5.41) is 9.32. The highest BCUT2D eigenvalue weighted by atomic mass is 16.4. The van der Waals surface area contributed by atoms with Crippen molar-refractivity contribution in [2.75, 3.05) is 0 Å². The van der Waals surface area contributed by atoms with Crippen LogP contribution in [0.4, 0.5) is 0 Å². The average molecular weight is 282 g/mol. The number of hydrogen-bond acceptors (Lipinski definition) is 1. The number of rotatable bonds is 5. The third-order valence-corrected chi connectivity index (χ3v) is 3.68. The molecule has 0 aliphatic heterocycles. The molecule has 0 spiro atoms. The Morgan fingerprint density at radius 2 is 1.71 bits per heavy atom. The number of carboxylic acids is 1. The van der Waals surface area contributed by atoms with Crippen LogP contribution in [0.2, 0.25) is 0 Å². The maximum Gasteiger partial charge on any atom is 0.310 e. The average Bonchev–Trinajstić information content (AvgIpc) is 2.46. The van der Waals surface area contributed by atoms with E-state index < -0.39 is 11.9 Å². The van der Waals surface area contributed by atoms with Gasteiger partial charge in [-0.15, -0.1) is 0 Å². The van der Waals surface area contributed by atoms with Crippen LogP contribution >= 0.6 is 0 Å². The minimum atomic E-state index is -0.788. The van der Waals surface area contributed by atoms with E-state index in [1.54, 1.807) is 6.92 Å². The van der Waals surface area contributed by atoms with E-state index >= 15 is 0 Å². The molecule has 2 rings (SSSR count). The molecule has 0 saturated carbocycles. The van der Waals surface area contributed by atoms with Crippen molar-refractivity contribution in [3.8, 4) is 11.1 Å². The summed E-state index contributed by atoms with van der Waals surface area (Å²) in [4.78, 5) is 11.3. The highest BCUT2D eigenvalue weighted by Gasteiger charge is 2.18. The van der Waals surface area contributed by atoms with Gasteiger partial charge in [-0.25, -0.2) is 0 Å². The van der Waals surface area contributed by atoms with E-state index in [9.17, 15) is 9.90 Å². The molecule has 0 saturated heterocycles. The van der Waals surface area contributed by atoms with Gasteiger partial charge in [0.15, 0.2) is 0 Å². The molecular weight excluding hydrogens is 260 g/mol. The normalized spacial score (nSPS) is 12.4. The van der Waals surface area contributed by atoms with Crippen LogP contribution in [0.5, 0.6) is 0 Å². The predicted octanol–water partition coefficient (Wildman–Crippen LogP) is 4.74. The summed E-state index contributed by atoms with van der Waals surface area (Å²) in [6.45, 7) is 6.12. The Bertz CT molecular complexity index is 615. The van der Waals surface area contributed by atoms with Crippen molar-refractivity contribution in [1.82, 2.24) is 0 Å². The minimum absolute atomic E-state index is 0.506. The summed E-state index contributed by atoms with van der Waals surface area (Å²) in [6.07, 6.45) is 1.00. The Hall–Kier alpha value is -2.09. The van der Waals surface area contributed by atoms with Crippen molar-refractivity contribution in [2.45, 2.75) is 33.1 Å². The van der Waals surface area contributed by atoms with Crippen LogP contribution in [0.1, 0.15) is 37.8 Å². The Morgan fingerprint density at radius 1 is 1.05 bits per heavy atom. The molecule has 0 aliphatic carbocycles. The number of carbonyl (C=O) groups is 1. The van der Waals surface area contributed by atoms with E-state index in [4.69, 9.17) is 0 Å². The molecule has 0 heterocycles. The molecule has 2 aromatic rings. The summed E-state index contributed by atoms with van der Waals surface area (Å²) in [5.74, 6) is -0.714. The first-order chi connectivity index (χ1) is 9.99. The van der Waals surface area contributed by atoms with Gasteiger partial charge in [0.05, 0.1) is 5.92 Å². The summed E-state index contributed by atoms with van der Waals surface area (Å²) in [5.41, 5.74) is 4.24. The minimum Gasteiger partial charge on any atom is -0.481 e. The summed E-state index contributed by atoms with van der Waals surface area (Å²) in [6, 6.07) is 16.2. The Labute approximate surface area is 126 Å².